The second-order valence-electron chi connectivity index (χ2n) is 6.09. The molecule has 0 aliphatic carbocycles. The molecular weight excluding hydrogens is 316 g/mol. The molecule has 0 unspecified atom stereocenters. The highest BCUT2D eigenvalue weighted by Gasteiger charge is 2.10. The first-order valence-corrected chi connectivity index (χ1v) is 8.15. The lowest BCUT2D eigenvalue weighted by Gasteiger charge is -2.14. The summed E-state index contributed by atoms with van der Waals surface area (Å²) in [5.41, 5.74) is 2.74. The molecular formula is C20H22N2O3. The maximum atomic E-state index is 12.0. The van der Waals surface area contributed by atoms with E-state index in [1.165, 1.54) is 0 Å². The van der Waals surface area contributed by atoms with E-state index in [4.69, 9.17) is 9.15 Å². The summed E-state index contributed by atoms with van der Waals surface area (Å²) >= 11 is 0. The topological polar surface area (TPSA) is 54.7 Å². The number of nitrogens with one attached hydrogen (secondary N) is 1. The van der Waals surface area contributed by atoms with Gasteiger partial charge in [-0.2, -0.15) is 0 Å². The first-order valence-electron chi connectivity index (χ1n) is 8.15. The SMILES string of the molecule is COc1ccc2oc(CNc3ccccc3CC(=O)N(C)C)cc2c1. The first-order chi connectivity index (χ1) is 12.1. The van der Waals surface area contributed by atoms with Crippen molar-refractivity contribution in [2.75, 3.05) is 26.5 Å². The molecule has 0 spiro atoms. The highest BCUT2D eigenvalue weighted by molar-refractivity contribution is 5.81. The number of hydrogen-bond acceptors (Lipinski definition) is 4. The summed E-state index contributed by atoms with van der Waals surface area (Å²) in [7, 11) is 5.18. The Bertz CT molecular complexity index is 884. The Labute approximate surface area is 147 Å². The third kappa shape index (κ3) is 3.94. The van der Waals surface area contributed by atoms with Gasteiger partial charge >= 0.3 is 0 Å². The molecule has 0 aliphatic heterocycles. The maximum Gasteiger partial charge on any atom is 0.226 e. The van der Waals surface area contributed by atoms with Gasteiger partial charge in [0.1, 0.15) is 17.1 Å². The number of benzene rings is 2. The fraction of sp³-hybridized carbons (Fsp3) is 0.250. The molecule has 130 valence electrons. The summed E-state index contributed by atoms with van der Waals surface area (Å²) in [4.78, 5) is 13.6. The standard InChI is InChI=1S/C20H22N2O3/c1-22(2)20(23)12-14-6-4-5-7-18(14)21-13-17-11-15-10-16(24-3)8-9-19(15)25-17/h4-11,21H,12-13H2,1-3H3. The van der Waals surface area contributed by atoms with Crippen LogP contribution in [0.2, 0.25) is 0 Å². The number of para-hydroxylation sites is 1. The van der Waals surface area contributed by atoms with Crippen LogP contribution in [0.15, 0.2) is 52.9 Å². The van der Waals surface area contributed by atoms with Crippen LogP contribution in [0.1, 0.15) is 11.3 Å². The van der Waals surface area contributed by atoms with Gasteiger partial charge in [-0.25, -0.2) is 0 Å². The van der Waals surface area contributed by atoms with Crippen LogP contribution in [0.4, 0.5) is 5.69 Å². The molecule has 0 atom stereocenters. The molecule has 3 aromatic rings. The summed E-state index contributed by atoms with van der Waals surface area (Å²) in [5, 5.41) is 4.37. The van der Waals surface area contributed by atoms with Crippen molar-refractivity contribution in [1.29, 1.82) is 0 Å². The van der Waals surface area contributed by atoms with Crippen LogP contribution in [-0.2, 0) is 17.8 Å². The van der Waals surface area contributed by atoms with Crippen LogP contribution in [0, 0.1) is 0 Å². The van der Waals surface area contributed by atoms with Crippen molar-refractivity contribution in [3.8, 4) is 5.75 Å². The lowest BCUT2D eigenvalue weighted by atomic mass is 10.1. The largest absolute Gasteiger partial charge is 0.497 e. The lowest BCUT2D eigenvalue weighted by molar-refractivity contribution is -0.127. The monoisotopic (exact) mass is 338 g/mol. The zero-order valence-electron chi connectivity index (χ0n) is 14.7. The molecule has 25 heavy (non-hydrogen) atoms. The van der Waals surface area contributed by atoms with Gasteiger partial charge in [0.15, 0.2) is 0 Å². The van der Waals surface area contributed by atoms with Gasteiger partial charge < -0.3 is 19.4 Å². The summed E-state index contributed by atoms with van der Waals surface area (Å²) in [6.07, 6.45) is 0.369. The van der Waals surface area contributed by atoms with E-state index in [9.17, 15) is 4.79 Å². The Kier molecular flexibility index (Phi) is 4.93. The van der Waals surface area contributed by atoms with Crippen LogP contribution in [0.25, 0.3) is 11.0 Å². The summed E-state index contributed by atoms with van der Waals surface area (Å²) in [6.45, 7) is 0.546. The first kappa shape index (κ1) is 16.9. The van der Waals surface area contributed by atoms with E-state index in [-0.39, 0.29) is 5.91 Å². The third-order valence-electron chi connectivity index (χ3n) is 4.09. The van der Waals surface area contributed by atoms with Crippen molar-refractivity contribution in [1.82, 2.24) is 4.90 Å². The van der Waals surface area contributed by atoms with E-state index in [0.717, 1.165) is 33.7 Å². The number of carbonyl (C=O) groups excluding carboxylic acids is 1. The fourth-order valence-electron chi connectivity index (χ4n) is 2.64. The molecule has 0 saturated carbocycles. The normalized spacial score (nSPS) is 10.7. The Hall–Kier alpha value is -2.95. The molecule has 3 rings (SSSR count). The van der Waals surface area contributed by atoms with Crippen molar-refractivity contribution < 1.29 is 13.9 Å². The van der Waals surface area contributed by atoms with Crippen LogP contribution in [0.5, 0.6) is 5.75 Å². The number of furan rings is 1. The van der Waals surface area contributed by atoms with Gasteiger partial charge in [0, 0.05) is 25.2 Å². The summed E-state index contributed by atoms with van der Waals surface area (Å²) in [6, 6.07) is 15.6. The van der Waals surface area contributed by atoms with Gasteiger partial charge in [-0.1, -0.05) is 18.2 Å². The number of nitrogens with zero attached hydrogens (tertiary/aromatic N) is 1. The van der Waals surface area contributed by atoms with Crippen molar-refractivity contribution >= 4 is 22.6 Å². The smallest absolute Gasteiger partial charge is 0.226 e. The molecule has 2 aromatic carbocycles. The number of methoxy groups -OCH3 is 1. The molecule has 0 fully saturated rings. The minimum atomic E-state index is 0.0742. The molecule has 1 amide bonds. The van der Waals surface area contributed by atoms with Gasteiger partial charge in [-0.05, 0) is 35.9 Å². The van der Waals surface area contributed by atoms with Crippen LogP contribution in [0.3, 0.4) is 0 Å². The maximum absolute atomic E-state index is 12.0. The number of anilines is 1. The molecule has 1 heterocycles. The number of likely N-dealkylation sites (N-methyl/N-ethyl adjacent to an activating group) is 1. The highest BCUT2D eigenvalue weighted by atomic mass is 16.5. The number of carbonyl (C=O) groups is 1. The van der Waals surface area contributed by atoms with Crippen LogP contribution in [-0.4, -0.2) is 32.0 Å². The zero-order chi connectivity index (χ0) is 17.8. The van der Waals surface area contributed by atoms with E-state index >= 15 is 0 Å². The van der Waals surface area contributed by atoms with E-state index in [0.29, 0.717) is 13.0 Å². The minimum absolute atomic E-state index is 0.0742. The fourth-order valence-corrected chi connectivity index (χ4v) is 2.64. The van der Waals surface area contributed by atoms with Gasteiger partial charge in [0.05, 0.1) is 20.1 Å². The Morgan fingerprint density at radius 3 is 2.72 bits per heavy atom. The summed E-state index contributed by atoms with van der Waals surface area (Å²) < 4.78 is 11.1. The van der Waals surface area contributed by atoms with Crippen molar-refractivity contribution in [3.05, 3.63) is 59.9 Å². The van der Waals surface area contributed by atoms with Crippen LogP contribution < -0.4 is 10.1 Å². The van der Waals surface area contributed by atoms with Gasteiger partial charge in [-0.15, -0.1) is 0 Å². The molecule has 1 aromatic heterocycles. The van der Waals surface area contributed by atoms with Gasteiger partial charge in [0.25, 0.3) is 0 Å². The molecule has 0 bridgehead atoms. The zero-order valence-corrected chi connectivity index (χ0v) is 14.7. The van der Waals surface area contributed by atoms with Crippen molar-refractivity contribution in [3.63, 3.8) is 0 Å². The van der Waals surface area contributed by atoms with Gasteiger partial charge in [0.2, 0.25) is 5.91 Å². The molecule has 0 radical (unpaired) electrons. The highest BCUT2D eigenvalue weighted by Crippen LogP contribution is 2.25. The average Bonchev–Trinajstić information content (AvgIpc) is 3.02. The Morgan fingerprint density at radius 2 is 1.96 bits per heavy atom. The number of fused-ring (bicyclic) bond motifs is 1. The predicted octanol–water partition coefficient (Wildman–Crippen LogP) is 3.68. The third-order valence-corrected chi connectivity index (χ3v) is 4.09. The molecule has 5 nitrogen and oxygen atoms in total. The molecule has 0 aliphatic rings. The number of rotatable bonds is 6. The Morgan fingerprint density at radius 1 is 1.16 bits per heavy atom. The lowest BCUT2D eigenvalue weighted by Crippen LogP contribution is -2.23. The second kappa shape index (κ2) is 7.30. The van der Waals surface area contributed by atoms with Crippen LogP contribution >= 0.6 is 0 Å². The van der Waals surface area contributed by atoms with E-state index in [1.54, 1.807) is 26.1 Å². The number of amides is 1. The van der Waals surface area contributed by atoms with Crippen molar-refractivity contribution in [2.24, 2.45) is 0 Å². The van der Waals surface area contributed by atoms with E-state index in [2.05, 4.69) is 5.32 Å². The Balaban J connectivity index is 1.74. The van der Waals surface area contributed by atoms with E-state index < -0.39 is 0 Å². The van der Waals surface area contributed by atoms with Gasteiger partial charge in [-0.3, -0.25) is 4.79 Å². The average molecular weight is 338 g/mol. The molecule has 0 saturated heterocycles. The minimum Gasteiger partial charge on any atom is -0.497 e. The predicted molar refractivity (Wildman–Crippen MR) is 98.9 cm³/mol. The quantitative estimate of drug-likeness (QED) is 0.745. The summed E-state index contributed by atoms with van der Waals surface area (Å²) in [5.74, 6) is 1.71. The molecule has 1 N–H and O–H groups in total. The van der Waals surface area contributed by atoms with Crippen molar-refractivity contribution in [2.45, 2.75) is 13.0 Å². The van der Waals surface area contributed by atoms with E-state index in [1.807, 2.05) is 48.5 Å². The second-order valence-corrected chi connectivity index (χ2v) is 6.09. The number of hydrogen-bond donors (Lipinski definition) is 1. The number of ether oxygens (including phenoxy) is 1. The molecule has 5 heteroatoms.